The Morgan fingerprint density at radius 1 is 1.54 bits per heavy atom. The Balaban J connectivity index is 2.87. The summed E-state index contributed by atoms with van der Waals surface area (Å²) in [5, 5.41) is 0. The van der Waals surface area contributed by atoms with Crippen molar-refractivity contribution in [1.82, 2.24) is 9.55 Å². The molecule has 0 aliphatic carbocycles. The zero-order chi connectivity index (χ0) is 9.84. The van der Waals surface area contributed by atoms with Crippen molar-refractivity contribution in [2.75, 3.05) is 7.11 Å². The molecule has 0 aliphatic heterocycles. The van der Waals surface area contributed by atoms with E-state index in [0.717, 1.165) is 0 Å². The monoisotopic (exact) mass is 182 g/mol. The quantitative estimate of drug-likeness (QED) is 0.661. The lowest BCUT2D eigenvalue weighted by Crippen LogP contribution is -2.24. The second kappa shape index (κ2) is 4.07. The van der Waals surface area contributed by atoms with Crippen molar-refractivity contribution in [3.05, 3.63) is 18.7 Å². The van der Waals surface area contributed by atoms with Crippen LogP contribution in [0.15, 0.2) is 18.7 Å². The summed E-state index contributed by atoms with van der Waals surface area (Å²) in [6.07, 6.45) is 5.04. The molecule has 13 heavy (non-hydrogen) atoms. The molecule has 0 bridgehead atoms. The molecule has 0 radical (unpaired) electrons. The standard InChI is InChI=1S/C9H14N2O2/c1-7(2)8(9(12)13-3)11-5-4-10-6-11/h4-8H,1-3H3. The van der Waals surface area contributed by atoms with Gasteiger partial charge in [0.15, 0.2) is 0 Å². The van der Waals surface area contributed by atoms with E-state index < -0.39 is 0 Å². The van der Waals surface area contributed by atoms with Gasteiger partial charge in [0.25, 0.3) is 0 Å². The fraction of sp³-hybridized carbons (Fsp3) is 0.556. The Morgan fingerprint density at radius 3 is 2.62 bits per heavy atom. The van der Waals surface area contributed by atoms with Gasteiger partial charge in [-0.1, -0.05) is 13.8 Å². The number of carbonyl (C=O) groups is 1. The van der Waals surface area contributed by atoms with Crippen LogP contribution < -0.4 is 0 Å². The number of ether oxygens (including phenoxy) is 1. The van der Waals surface area contributed by atoms with Crippen LogP contribution in [0.2, 0.25) is 0 Å². The highest BCUT2D eigenvalue weighted by molar-refractivity contribution is 5.74. The SMILES string of the molecule is COC(=O)C(C(C)C)n1ccnc1. The molecular weight excluding hydrogens is 168 g/mol. The van der Waals surface area contributed by atoms with Crippen molar-refractivity contribution in [3.8, 4) is 0 Å². The molecule has 72 valence electrons. The molecule has 1 unspecified atom stereocenters. The fourth-order valence-corrected chi connectivity index (χ4v) is 1.29. The number of aromatic nitrogens is 2. The molecule has 0 spiro atoms. The third-order valence-electron chi connectivity index (χ3n) is 1.92. The minimum atomic E-state index is -0.271. The smallest absolute Gasteiger partial charge is 0.329 e. The molecule has 1 aromatic rings. The fourth-order valence-electron chi connectivity index (χ4n) is 1.29. The van der Waals surface area contributed by atoms with Crippen LogP contribution in [0, 0.1) is 5.92 Å². The van der Waals surface area contributed by atoms with E-state index in [9.17, 15) is 4.79 Å². The summed E-state index contributed by atoms with van der Waals surface area (Å²) in [7, 11) is 1.40. The zero-order valence-electron chi connectivity index (χ0n) is 8.10. The third-order valence-corrected chi connectivity index (χ3v) is 1.92. The number of hydrogen-bond acceptors (Lipinski definition) is 3. The van der Waals surface area contributed by atoms with Crippen LogP contribution in [-0.2, 0) is 9.53 Å². The van der Waals surface area contributed by atoms with Crippen LogP contribution in [0.1, 0.15) is 19.9 Å². The first-order chi connectivity index (χ1) is 6.16. The number of imidazole rings is 1. The van der Waals surface area contributed by atoms with Crippen molar-refractivity contribution in [1.29, 1.82) is 0 Å². The van der Waals surface area contributed by atoms with E-state index in [4.69, 9.17) is 4.74 Å². The van der Waals surface area contributed by atoms with Crippen molar-refractivity contribution in [2.24, 2.45) is 5.92 Å². The number of carbonyl (C=O) groups excluding carboxylic acids is 1. The van der Waals surface area contributed by atoms with E-state index in [1.807, 2.05) is 13.8 Å². The van der Waals surface area contributed by atoms with Gasteiger partial charge in [-0.3, -0.25) is 0 Å². The van der Waals surface area contributed by atoms with Crippen molar-refractivity contribution >= 4 is 5.97 Å². The predicted molar refractivity (Wildman–Crippen MR) is 48.1 cm³/mol. The number of nitrogens with zero attached hydrogens (tertiary/aromatic N) is 2. The summed E-state index contributed by atoms with van der Waals surface area (Å²) in [4.78, 5) is 15.3. The second-order valence-electron chi connectivity index (χ2n) is 3.22. The summed E-state index contributed by atoms with van der Waals surface area (Å²) in [5.74, 6) is -0.0327. The third kappa shape index (κ3) is 2.08. The molecule has 1 heterocycles. The highest BCUT2D eigenvalue weighted by Gasteiger charge is 2.23. The number of hydrogen-bond donors (Lipinski definition) is 0. The predicted octanol–water partition coefficient (Wildman–Crippen LogP) is 1.25. The Labute approximate surface area is 77.5 Å². The Morgan fingerprint density at radius 2 is 2.23 bits per heavy atom. The molecule has 0 fully saturated rings. The summed E-state index contributed by atoms with van der Waals surface area (Å²) in [6.45, 7) is 3.95. The van der Waals surface area contributed by atoms with Gasteiger partial charge in [0.05, 0.1) is 13.4 Å². The van der Waals surface area contributed by atoms with Crippen LogP contribution in [0.5, 0.6) is 0 Å². The van der Waals surface area contributed by atoms with Gasteiger partial charge in [0.1, 0.15) is 6.04 Å². The maximum atomic E-state index is 11.4. The van der Waals surface area contributed by atoms with Crippen molar-refractivity contribution in [3.63, 3.8) is 0 Å². The van der Waals surface area contributed by atoms with Gasteiger partial charge in [-0.05, 0) is 5.92 Å². The van der Waals surface area contributed by atoms with Gasteiger partial charge >= 0.3 is 5.97 Å². The molecule has 4 heteroatoms. The van der Waals surface area contributed by atoms with E-state index in [2.05, 4.69) is 4.98 Å². The molecule has 1 rings (SSSR count). The van der Waals surface area contributed by atoms with E-state index in [-0.39, 0.29) is 17.9 Å². The van der Waals surface area contributed by atoms with E-state index >= 15 is 0 Å². The van der Waals surface area contributed by atoms with Gasteiger partial charge in [-0.25, -0.2) is 9.78 Å². The molecule has 0 aliphatic rings. The Kier molecular flexibility index (Phi) is 3.06. The van der Waals surface area contributed by atoms with Crippen LogP contribution in [0.3, 0.4) is 0 Å². The molecule has 0 aromatic carbocycles. The molecule has 0 saturated heterocycles. The van der Waals surface area contributed by atoms with Gasteiger partial charge in [-0.2, -0.15) is 0 Å². The normalized spacial score (nSPS) is 12.9. The van der Waals surface area contributed by atoms with Crippen molar-refractivity contribution < 1.29 is 9.53 Å². The topological polar surface area (TPSA) is 44.1 Å². The minimum absolute atomic E-state index is 0.196. The summed E-state index contributed by atoms with van der Waals surface area (Å²) < 4.78 is 6.47. The molecule has 1 atom stereocenters. The largest absolute Gasteiger partial charge is 0.467 e. The van der Waals surface area contributed by atoms with Gasteiger partial charge < -0.3 is 9.30 Å². The summed E-state index contributed by atoms with van der Waals surface area (Å²) in [6, 6.07) is -0.271. The first-order valence-corrected chi connectivity index (χ1v) is 4.22. The summed E-state index contributed by atoms with van der Waals surface area (Å²) >= 11 is 0. The molecule has 0 N–H and O–H groups in total. The second-order valence-corrected chi connectivity index (χ2v) is 3.22. The molecule has 1 aromatic heterocycles. The molecule has 0 saturated carbocycles. The van der Waals surface area contributed by atoms with Crippen molar-refractivity contribution in [2.45, 2.75) is 19.9 Å². The van der Waals surface area contributed by atoms with Crippen LogP contribution in [0.4, 0.5) is 0 Å². The molecular formula is C9H14N2O2. The van der Waals surface area contributed by atoms with E-state index in [1.54, 1.807) is 23.3 Å². The average Bonchev–Trinajstić information content (AvgIpc) is 2.56. The first-order valence-electron chi connectivity index (χ1n) is 4.22. The zero-order valence-corrected chi connectivity index (χ0v) is 8.10. The van der Waals surface area contributed by atoms with Crippen LogP contribution in [0.25, 0.3) is 0 Å². The Bertz CT molecular complexity index is 267. The molecule has 4 nitrogen and oxygen atoms in total. The van der Waals surface area contributed by atoms with E-state index in [0.29, 0.717) is 0 Å². The first kappa shape index (κ1) is 9.77. The van der Waals surface area contributed by atoms with Gasteiger partial charge in [-0.15, -0.1) is 0 Å². The minimum Gasteiger partial charge on any atom is -0.467 e. The lowest BCUT2D eigenvalue weighted by molar-refractivity contribution is -0.146. The Hall–Kier alpha value is -1.32. The lowest BCUT2D eigenvalue weighted by Gasteiger charge is -2.19. The highest BCUT2D eigenvalue weighted by Crippen LogP contribution is 2.18. The number of rotatable bonds is 3. The maximum absolute atomic E-state index is 11.4. The molecule has 0 amide bonds. The number of methoxy groups -OCH3 is 1. The van der Waals surface area contributed by atoms with Crippen LogP contribution >= 0.6 is 0 Å². The highest BCUT2D eigenvalue weighted by atomic mass is 16.5. The number of esters is 1. The van der Waals surface area contributed by atoms with E-state index in [1.165, 1.54) is 7.11 Å². The van der Waals surface area contributed by atoms with Crippen LogP contribution in [-0.4, -0.2) is 22.6 Å². The lowest BCUT2D eigenvalue weighted by atomic mass is 10.0. The van der Waals surface area contributed by atoms with Gasteiger partial charge in [0, 0.05) is 12.4 Å². The maximum Gasteiger partial charge on any atom is 0.329 e. The average molecular weight is 182 g/mol. The van der Waals surface area contributed by atoms with Gasteiger partial charge in [0.2, 0.25) is 0 Å². The summed E-state index contributed by atoms with van der Waals surface area (Å²) in [5.41, 5.74) is 0.